The Morgan fingerprint density at radius 2 is 1.85 bits per heavy atom. The van der Waals surface area contributed by atoms with E-state index in [1.165, 1.54) is 10.5 Å². The lowest BCUT2D eigenvalue weighted by molar-refractivity contribution is -0.148. The average molecular weight is 358 g/mol. The molecule has 0 aliphatic carbocycles. The molecule has 3 rings (SSSR count). The molecule has 2 aliphatic heterocycles. The van der Waals surface area contributed by atoms with Gasteiger partial charge in [-0.15, -0.1) is 0 Å². The molecule has 140 valence electrons. The molecule has 7 nitrogen and oxygen atoms in total. The lowest BCUT2D eigenvalue weighted by atomic mass is 9.96. The predicted molar refractivity (Wildman–Crippen MR) is 97.2 cm³/mol. The van der Waals surface area contributed by atoms with E-state index >= 15 is 0 Å². The van der Waals surface area contributed by atoms with Gasteiger partial charge in [0.2, 0.25) is 11.8 Å². The second kappa shape index (κ2) is 8.21. The number of hydrogen-bond donors (Lipinski definition) is 1. The Hall–Kier alpha value is -2.57. The maximum absolute atomic E-state index is 12.7. The fourth-order valence-corrected chi connectivity index (χ4v) is 3.68. The number of benzene rings is 1. The Balaban J connectivity index is 1.50. The molecule has 0 saturated carbocycles. The van der Waals surface area contributed by atoms with Gasteiger partial charge in [0.25, 0.3) is 0 Å². The molecule has 0 spiro atoms. The number of piperazine rings is 1. The minimum absolute atomic E-state index is 0.0110. The van der Waals surface area contributed by atoms with Crippen molar-refractivity contribution < 1.29 is 14.4 Å². The summed E-state index contributed by atoms with van der Waals surface area (Å²) in [7, 11) is 0. The van der Waals surface area contributed by atoms with Gasteiger partial charge in [0.1, 0.15) is 0 Å². The Bertz CT molecular complexity index is 664. The first-order valence-electron chi connectivity index (χ1n) is 9.19. The third-order valence-corrected chi connectivity index (χ3v) is 5.23. The topological polar surface area (TPSA) is 86.9 Å². The van der Waals surface area contributed by atoms with Crippen LogP contribution < -0.4 is 5.73 Å². The van der Waals surface area contributed by atoms with Crippen molar-refractivity contribution in [2.75, 3.05) is 39.3 Å². The van der Waals surface area contributed by atoms with E-state index in [0.717, 1.165) is 19.3 Å². The van der Waals surface area contributed by atoms with E-state index in [1.807, 2.05) is 23.1 Å². The fourth-order valence-electron chi connectivity index (χ4n) is 3.68. The van der Waals surface area contributed by atoms with Crippen LogP contribution in [0, 0.1) is 5.92 Å². The van der Waals surface area contributed by atoms with Gasteiger partial charge in [-0.1, -0.05) is 30.3 Å². The number of rotatable bonds is 4. The molecule has 7 heteroatoms. The van der Waals surface area contributed by atoms with Gasteiger partial charge in [-0.3, -0.25) is 9.59 Å². The Morgan fingerprint density at radius 3 is 2.54 bits per heavy atom. The molecule has 26 heavy (non-hydrogen) atoms. The van der Waals surface area contributed by atoms with Crippen LogP contribution in [0.5, 0.6) is 0 Å². The van der Waals surface area contributed by atoms with E-state index in [2.05, 4.69) is 12.1 Å². The molecule has 0 bridgehead atoms. The number of amides is 4. The number of primary amides is 1. The number of carbonyl (C=O) groups is 3. The Labute approximate surface area is 153 Å². The van der Waals surface area contributed by atoms with Crippen molar-refractivity contribution in [2.24, 2.45) is 11.7 Å². The van der Waals surface area contributed by atoms with Gasteiger partial charge in [0.05, 0.1) is 12.5 Å². The molecule has 0 unspecified atom stereocenters. The van der Waals surface area contributed by atoms with Gasteiger partial charge >= 0.3 is 6.03 Å². The van der Waals surface area contributed by atoms with E-state index in [1.54, 1.807) is 4.90 Å². The van der Waals surface area contributed by atoms with Crippen molar-refractivity contribution in [1.29, 1.82) is 0 Å². The number of nitrogens with two attached hydrogens (primary N) is 1. The fraction of sp³-hybridized carbons (Fsp3) is 0.526. The predicted octanol–water partition coefficient (Wildman–Crippen LogP) is 0.691. The molecule has 2 aliphatic rings. The van der Waals surface area contributed by atoms with Crippen molar-refractivity contribution in [3.8, 4) is 0 Å². The largest absolute Gasteiger partial charge is 0.351 e. The van der Waals surface area contributed by atoms with Crippen LogP contribution in [0.3, 0.4) is 0 Å². The van der Waals surface area contributed by atoms with Crippen molar-refractivity contribution in [3.05, 3.63) is 35.9 Å². The van der Waals surface area contributed by atoms with Crippen molar-refractivity contribution in [3.63, 3.8) is 0 Å². The average Bonchev–Trinajstić information content (AvgIpc) is 2.67. The molecule has 2 saturated heterocycles. The molecule has 1 aromatic carbocycles. The van der Waals surface area contributed by atoms with Crippen LogP contribution >= 0.6 is 0 Å². The Kier molecular flexibility index (Phi) is 5.75. The summed E-state index contributed by atoms with van der Waals surface area (Å²) in [6, 6.07) is 9.59. The van der Waals surface area contributed by atoms with E-state index in [4.69, 9.17) is 5.73 Å². The number of nitrogens with zero attached hydrogens (tertiary/aromatic N) is 3. The van der Waals surface area contributed by atoms with Crippen LogP contribution in [0.25, 0.3) is 0 Å². The summed E-state index contributed by atoms with van der Waals surface area (Å²) in [6.07, 6.45) is 2.33. The van der Waals surface area contributed by atoms with E-state index in [9.17, 15) is 14.4 Å². The summed E-state index contributed by atoms with van der Waals surface area (Å²) in [4.78, 5) is 41.5. The highest BCUT2D eigenvalue weighted by atomic mass is 16.2. The third kappa shape index (κ3) is 4.33. The highest BCUT2D eigenvalue weighted by Crippen LogP contribution is 2.20. The zero-order valence-electron chi connectivity index (χ0n) is 15.0. The van der Waals surface area contributed by atoms with Crippen molar-refractivity contribution in [1.82, 2.24) is 14.7 Å². The summed E-state index contributed by atoms with van der Waals surface area (Å²) in [5.74, 6) is -0.296. The number of urea groups is 1. The van der Waals surface area contributed by atoms with E-state index in [-0.39, 0.29) is 24.3 Å². The molecular formula is C19H26N4O3. The van der Waals surface area contributed by atoms with Crippen LogP contribution in [0.2, 0.25) is 0 Å². The van der Waals surface area contributed by atoms with Crippen LogP contribution in [-0.4, -0.2) is 71.8 Å². The first-order chi connectivity index (χ1) is 12.5. The van der Waals surface area contributed by atoms with Gasteiger partial charge in [0, 0.05) is 32.7 Å². The summed E-state index contributed by atoms with van der Waals surface area (Å²) < 4.78 is 0. The lowest BCUT2D eigenvalue weighted by Gasteiger charge is -2.38. The lowest BCUT2D eigenvalue weighted by Crippen LogP contribution is -2.55. The minimum Gasteiger partial charge on any atom is -0.351 e. The SMILES string of the molecule is NC(=O)N1CCC[C@H](C(=O)N2CCN(CCc3ccccc3)C(=O)C2)C1. The Morgan fingerprint density at radius 1 is 1.08 bits per heavy atom. The second-order valence-electron chi connectivity index (χ2n) is 7.00. The molecule has 0 radical (unpaired) electrons. The van der Waals surface area contributed by atoms with E-state index < -0.39 is 6.03 Å². The van der Waals surface area contributed by atoms with Crippen LogP contribution in [0.1, 0.15) is 18.4 Å². The molecule has 1 atom stereocenters. The maximum Gasteiger partial charge on any atom is 0.314 e. The van der Waals surface area contributed by atoms with Gasteiger partial charge in [-0.05, 0) is 24.8 Å². The number of likely N-dealkylation sites (tertiary alicyclic amines) is 1. The normalized spacial score (nSPS) is 21.0. The van der Waals surface area contributed by atoms with Crippen LogP contribution in [0.15, 0.2) is 30.3 Å². The molecular weight excluding hydrogens is 332 g/mol. The number of piperidine rings is 1. The van der Waals surface area contributed by atoms with Gasteiger partial charge < -0.3 is 20.4 Å². The molecule has 2 N–H and O–H groups in total. The van der Waals surface area contributed by atoms with E-state index in [0.29, 0.717) is 32.7 Å². The first kappa shape index (κ1) is 18.2. The number of carbonyl (C=O) groups excluding carboxylic acids is 3. The standard InChI is InChI=1S/C19H26N4O3/c20-19(26)23-9-4-7-16(13-23)18(25)22-12-11-21(17(24)14-22)10-8-15-5-2-1-3-6-15/h1-3,5-6,16H,4,7-14H2,(H2,20,26)/t16-/m0/s1. The third-order valence-electron chi connectivity index (χ3n) is 5.23. The quantitative estimate of drug-likeness (QED) is 0.859. The van der Waals surface area contributed by atoms with Crippen LogP contribution in [0.4, 0.5) is 4.79 Å². The number of hydrogen-bond acceptors (Lipinski definition) is 3. The molecule has 1 aromatic rings. The smallest absolute Gasteiger partial charge is 0.314 e. The molecule has 2 fully saturated rings. The second-order valence-corrected chi connectivity index (χ2v) is 7.00. The zero-order valence-corrected chi connectivity index (χ0v) is 15.0. The summed E-state index contributed by atoms with van der Waals surface area (Å²) in [6.45, 7) is 2.86. The molecule has 0 aromatic heterocycles. The highest BCUT2D eigenvalue weighted by Gasteiger charge is 2.34. The zero-order chi connectivity index (χ0) is 18.5. The van der Waals surface area contributed by atoms with Crippen molar-refractivity contribution >= 4 is 17.8 Å². The van der Waals surface area contributed by atoms with Gasteiger partial charge in [-0.2, -0.15) is 0 Å². The summed E-state index contributed by atoms with van der Waals surface area (Å²) in [5.41, 5.74) is 6.53. The minimum atomic E-state index is -0.482. The highest BCUT2D eigenvalue weighted by molar-refractivity contribution is 5.87. The monoisotopic (exact) mass is 358 g/mol. The van der Waals surface area contributed by atoms with Crippen LogP contribution in [-0.2, 0) is 16.0 Å². The van der Waals surface area contributed by atoms with Gasteiger partial charge in [-0.25, -0.2) is 4.79 Å². The molecule has 2 heterocycles. The van der Waals surface area contributed by atoms with Gasteiger partial charge in [0.15, 0.2) is 0 Å². The maximum atomic E-state index is 12.7. The molecule has 4 amide bonds. The first-order valence-corrected chi connectivity index (χ1v) is 9.19. The summed E-state index contributed by atoms with van der Waals surface area (Å²) in [5, 5.41) is 0. The summed E-state index contributed by atoms with van der Waals surface area (Å²) >= 11 is 0. The van der Waals surface area contributed by atoms with Crippen molar-refractivity contribution in [2.45, 2.75) is 19.3 Å².